The van der Waals surface area contributed by atoms with E-state index in [0.717, 1.165) is 5.56 Å². The molecular formula is C17H18N2O5. The van der Waals surface area contributed by atoms with Crippen molar-refractivity contribution in [2.45, 2.75) is 6.42 Å². The lowest BCUT2D eigenvalue weighted by Gasteiger charge is -2.17. The van der Waals surface area contributed by atoms with E-state index in [0.29, 0.717) is 30.9 Å². The maximum absolute atomic E-state index is 11.4. The number of carbonyl (C=O) groups excluding carboxylic acids is 1. The van der Waals surface area contributed by atoms with Crippen LogP contribution < -0.4 is 14.4 Å². The quantitative estimate of drug-likeness (QED) is 0.422. The number of amides is 1. The molecule has 0 aliphatic rings. The van der Waals surface area contributed by atoms with E-state index in [1.165, 1.54) is 11.0 Å². The number of carbonyl (C=O) groups is 1. The summed E-state index contributed by atoms with van der Waals surface area (Å²) in [6.07, 6.45) is 1.12. The summed E-state index contributed by atoms with van der Waals surface area (Å²) in [7, 11) is 3.10. The predicted molar refractivity (Wildman–Crippen MR) is 89.8 cm³/mol. The van der Waals surface area contributed by atoms with Crippen LogP contribution in [0.5, 0.6) is 11.5 Å². The molecule has 0 radical (unpaired) electrons. The van der Waals surface area contributed by atoms with Gasteiger partial charge in [-0.15, -0.1) is 0 Å². The number of rotatable bonds is 8. The average molecular weight is 330 g/mol. The Morgan fingerprint density at radius 3 is 2.46 bits per heavy atom. The topological polar surface area (TPSA) is 81.9 Å². The van der Waals surface area contributed by atoms with Crippen LogP contribution in [0.25, 0.3) is 0 Å². The third-order valence-electron chi connectivity index (χ3n) is 3.60. The molecule has 0 spiro atoms. The first kappa shape index (κ1) is 17.3. The van der Waals surface area contributed by atoms with Gasteiger partial charge in [0.1, 0.15) is 5.69 Å². The standard InChI is InChI=1S/C17H18N2O5/c1-23-16-8-7-13(11-17(16)24-2)9-10-18(12-20)14-5-3-4-6-15(14)19(21)22/h3-8,11-12H,9-10H2,1-2H3. The Balaban J connectivity index is 2.18. The number of hydrogen-bond acceptors (Lipinski definition) is 5. The van der Waals surface area contributed by atoms with Gasteiger partial charge in [0.25, 0.3) is 5.69 Å². The van der Waals surface area contributed by atoms with E-state index >= 15 is 0 Å². The lowest BCUT2D eigenvalue weighted by molar-refractivity contribution is -0.384. The van der Waals surface area contributed by atoms with Crippen molar-refractivity contribution in [3.63, 3.8) is 0 Å². The molecule has 0 heterocycles. The third-order valence-corrected chi connectivity index (χ3v) is 3.60. The first-order valence-corrected chi connectivity index (χ1v) is 7.27. The number of benzene rings is 2. The van der Waals surface area contributed by atoms with Gasteiger partial charge in [-0.2, -0.15) is 0 Å². The molecule has 0 saturated carbocycles. The molecule has 0 atom stereocenters. The number of ether oxygens (including phenoxy) is 2. The fraction of sp³-hybridized carbons (Fsp3) is 0.235. The van der Waals surface area contributed by atoms with Crippen LogP contribution in [0.2, 0.25) is 0 Å². The Kier molecular flexibility index (Phi) is 5.73. The first-order chi connectivity index (χ1) is 11.6. The van der Waals surface area contributed by atoms with Crippen molar-refractivity contribution in [3.8, 4) is 11.5 Å². The molecule has 0 aliphatic carbocycles. The smallest absolute Gasteiger partial charge is 0.292 e. The van der Waals surface area contributed by atoms with Crippen LogP contribution in [0, 0.1) is 10.1 Å². The summed E-state index contributed by atoms with van der Waals surface area (Å²) < 4.78 is 10.4. The Morgan fingerprint density at radius 1 is 1.12 bits per heavy atom. The molecule has 126 valence electrons. The summed E-state index contributed by atoms with van der Waals surface area (Å²) in [5, 5.41) is 11.1. The zero-order chi connectivity index (χ0) is 17.5. The summed E-state index contributed by atoms with van der Waals surface area (Å²) in [5.74, 6) is 1.21. The Bertz CT molecular complexity index is 733. The van der Waals surface area contributed by atoms with Crippen LogP contribution >= 0.6 is 0 Å². The molecular weight excluding hydrogens is 312 g/mol. The van der Waals surface area contributed by atoms with Crippen LogP contribution in [0.15, 0.2) is 42.5 Å². The van der Waals surface area contributed by atoms with E-state index in [2.05, 4.69) is 0 Å². The molecule has 0 aromatic heterocycles. The number of methoxy groups -OCH3 is 2. The average Bonchev–Trinajstić information content (AvgIpc) is 2.62. The number of anilines is 1. The highest BCUT2D eigenvalue weighted by atomic mass is 16.6. The van der Waals surface area contributed by atoms with E-state index in [9.17, 15) is 14.9 Å². The molecule has 0 aliphatic heterocycles. The van der Waals surface area contributed by atoms with Gasteiger partial charge in [-0.1, -0.05) is 18.2 Å². The summed E-state index contributed by atoms with van der Waals surface area (Å²) in [5.41, 5.74) is 1.10. The highest BCUT2D eigenvalue weighted by Gasteiger charge is 2.18. The normalized spacial score (nSPS) is 10.1. The summed E-state index contributed by atoms with van der Waals surface area (Å²) in [4.78, 5) is 23.3. The minimum Gasteiger partial charge on any atom is -0.493 e. The Labute approximate surface area is 139 Å². The van der Waals surface area contributed by atoms with Crippen LogP contribution in [0.4, 0.5) is 11.4 Å². The van der Waals surface area contributed by atoms with Crippen LogP contribution in [0.3, 0.4) is 0 Å². The van der Waals surface area contributed by atoms with Gasteiger partial charge in [-0.25, -0.2) is 0 Å². The zero-order valence-corrected chi connectivity index (χ0v) is 13.5. The predicted octanol–water partition coefficient (Wildman–Crippen LogP) is 2.82. The van der Waals surface area contributed by atoms with Crippen molar-refractivity contribution >= 4 is 17.8 Å². The second kappa shape index (κ2) is 7.96. The van der Waals surface area contributed by atoms with Crippen LogP contribution in [-0.2, 0) is 11.2 Å². The van der Waals surface area contributed by atoms with Gasteiger partial charge < -0.3 is 14.4 Å². The van der Waals surface area contributed by atoms with Crippen molar-refractivity contribution < 1.29 is 19.2 Å². The lowest BCUT2D eigenvalue weighted by atomic mass is 10.1. The molecule has 0 fully saturated rings. The number of nitrogens with zero attached hydrogens (tertiary/aromatic N) is 2. The van der Waals surface area contributed by atoms with Gasteiger partial charge >= 0.3 is 0 Å². The van der Waals surface area contributed by atoms with Crippen LogP contribution in [0.1, 0.15) is 5.56 Å². The molecule has 7 nitrogen and oxygen atoms in total. The van der Waals surface area contributed by atoms with E-state index in [-0.39, 0.29) is 11.4 Å². The van der Waals surface area contributed by atoms with Crippen molar-refractivity contribution in [1.82, 2.24) is 0 Å². The summed E-state index contributed by atoms with van der Waals surface area (Å²) >= 11 is 0. The van der Waals surface area contributed by atoms with Crippen molar-refractivity contribution in [2.24, 2.45) is 0 Å². The second-order valence-corrected chi connectivity index (χ2v) is 4.98. The molecule has 1 amide bonds. The maximum Gasteiger partial charge on any atom is 0.292 e. The molecule has 0 unspecified atom stereocenters. The minimum atomic E-state index is -0.498. The van der Waals surface area contributed by atoms with E-state index in [1.54, 1.807) is 38.5 Å². The SMILES string of the molecule is COc1ccc(CCN(C=O)c2ccccc2[N+](=O)[O-])cc1OC. The van der Waals surface area contributed by atoms with Gasteiger partial charge in [-0.05, 0) is 30.2 Å². The number of nitro groups is 1. The molecule has 7 heteroatoms. The van der Waals surface area contributed by atoms with Gasteiger partial charge in [0.05, 0.1) is 19.1 Å². The van der Waals surface area contributed by atoms with Gasteiger partial charge in [0, 0.05) is 12.6 Å². The Hall–Kier alpha value is -3.09. The monoisotopic (exact) mass is 330 g/mol. The number of hydrogen-bond donors (Lipinski definition) is 0. The zero-order valence-electron chi connectivity index (χ0n) is 13.5. The van der Waals surface area contributed by atoms with E-state index in [4.69, 9.17) is 9.47 Å². The van der Waals surface area contributed by atoms with Crippen molar-refractivity contribution in [3.05, 3.63) is 58.1 Å². The third kappa shape index (κ3) is 3.81. The molecule has 0 bridgehead atoms. The van der Waals surface area contributed by atoms with E-state index in [1.807, 2.05) is 12.1 Å². The molecule has 0 N–H and O–H groups in total. The lowest BCUT2D eigenvalue weighted by Crippen LogP contribution is -2.24. The second-order valence-electron chi connectivity index (χ2n) is 4.98. The Morgan fingerprint density at radius 2 is 1.83 bits per heavy atom. The first-order valence-electron chi connectivity index (χ1n) is 7.27. The molecule has 2 aromatic rings. The molecule has 2 aromatic carbocycles. The van der Waals surface area contributed by atoms with Gasteiger partial charge in [-0.3, -0.25) is 14.9 Å². The van der Waals surface area contributed by atoms with E-state index < -0.39 is 4.92 Å². The largest absolute Gasteiger partial charge is 0.493 e. The van der Waals surface area contributed by atoms with Crippen LogP contribution in [-0.4, -0.2) is 32.1 Å². The van der Waals surface area contributed by atoms with Gasteiger partial charge in [0.2, 0.25) is 6.41 Å². The van der Waals surface area contributed by atoms with Crippen molar-refractivity contribution in [1.29, 1.82) is 0 Å². The highest BCUT2D eigenvalue weighted by molar-refractivity contribution is 5.80. The highest BCUT2D eigenvalue weighted by Crippen LogP contribution is 2.29. The summed E-state index contributed by atoms with van der Waals surface area (Å²) in [6, 6.07) is 11.6. The van der Waals surface area contributed by atoms with Crippen molar-refractivity contribution in [2.75, 3.05) is 25.7 Å². The minimum absolute atomic E-state index is 0.100. The maximum atomic E-state index is 11.4. The van der Waals surface area contributed by atoms with Gasteiger partial charge in [0.15, 0.2) is 11.5 Å². The fourth-order valence-corrected chi connectivity index (χ4v) is 2.38. The number of nitro benzene ring substituents is 1. The number of para-hydroxylation sites is 2. The molecule has 2 rings (SSSR count). The summed E-state index contributed by atoms with van der Waals surface area (Å²) in [6.45, 7) is 0.309. The molecule has 24 heavy (non-hydrogen) atoms. The molecule has 0 saturated heterocycles. The fourth-order valence-electron chi connectivity index (χ4n) is 2.38.